The van der Waals surface area contributed by atoms with Gasteiger partial charge in [0.15, 0.2) is 5.78 Å². The van der Waals surface area contributed by atoms with Crippen LogP contribution in [0.1, 0.15) is 54.9 Å². The van der Waals surface area contributed by atoms with E-state index in [1.54, 1.807) is 12.2 Å². The maximum atomic E-state index is 12.6. The molecule has 1 rings (SSSR count). The molecule has 1 aliphatic carbocycles. The fourth-order valence-corrected chi connectivity index (χ4v) is 2.14. The Morgan fingerprint density at radius 3 is 1.56 bits per heavy atom. The summed E-state index contributed by atoms with van der Waals surface area (Å²) in [6.45, 7) is 14.0. The molecular weight excluding hydrogens is 224 g/mol. The van der Waals surface area contributed by atoms with E-state index in [-0.39, 0.29) is 16.6 Å². The predicted molar refractivity (Wildman–Crippen MR) is 75.3 cm³/mol. The van der Waals surface area contributed by atoms with Crippen molar-refractivity contribution < 1.29 is 9.90 Å². The molecule has 0 unspecified atom stereocenters. The van der Waals surface area contributed by atoms with Crippen molar-refractivity contribution in [3.8, 4) is 0 Å². The summed E-state index contributed by atoms with van der Waals surface area (Å²) in [6, 6.07) is 0. The molecule has 0 heterocycles. The Balaban J connectivity index is 3.40. The molecule has 0 amide bonds. The van der Waals surface area contributed by atoms with Crippen LogP contribution in [0, 0.1) is 10.8 Å². The summed E-state index contributed by atoms with van der Waals surface area (Å²) in [4.78, 5) is 12.6. The first-order chi connectivity index (χ1) is 7.91. The molecule has 0 saturated heterocycles. The minimum Gasteiger partial charge on any atom is -0.382 e. The van der Waals surface area contributed by atoms with Crippen molar-refractivity contribution in [3.05, 3.63) is 23.3 Å². The van der Waals surface area contributed by atoms with Gasteiger partial charge in [0.05, 0.1) is 0 Å². The van der Waals surface area contributed by atoms with Crippen LogP contribution in [0.15, 0.2) is 23.3 Å². The van der Waals surface area contributed by atoms with Gasteiger partial charge in [0.2, 0.25) is 0 Å². The van der Waals surface area contributed by atoms with Gasteiger partial charge < -0.3 is 5.11 Å². The normalized spacial score (nSPS) is 20.6. The third-order valence-electron chi connectivity index (χ3n) is 3.46. The average molecular weight is 250 g/mol. The lowest BCUT2D eigenvalue weighted by atomic mass is 9.69. The van der Waals surface area contributed by atoms with E-state index in [0.717, 1.165) is 11.1 Å². The monoisotopic (exact) mass is 250 g/mol. The minimum absolute atomic E-state index is 0.0770. The zero-order chi connectivity index (χ0) is 14.4. The summed E-state index contributed by atoms with van der Waals surface area (Å²) >= 11 is 0. The van der Waals surface area contributed by atoms with Crippen LogP contribution in [0.3, 0.4) is 0 Å². The molecule has 18 heavy (non-hydrogen) atoms. The summed E-state index contributed by atoms with van der Waals surface area (Å²) in [5, 5.41) is 10.6. The van der Waals surface area contributed by atoms with Crippen molar-refractivity contribution in [1.82, 2.24) is 0 Å². The molecule has 0 atom stereocenters. The number of allylic oxidation sites excluding steroid dienone is 2. The molecule has 2 heteroatoms. The topological polar surface area (TPSA) is 37.3 Å². The highest BCUT2D eigenvalue weighted by Crippen LogP contribution is 2.40. The van der Waals surface area contributed by atoms with Crippen molar-refractivity contribution in [1.29, 1.82) is 0 Å². The fraction of sp³-hybridized carbons (Fsp3) is 0.688. The summed E-state index contributed by atoms with van der Waals surface area (Å²) in [7, 11) is 0. The zero-order valence-corrected chi connectivity index (χ0v) is 12.7. The Bertz CT molecular complexity index is 377. The van der Waals surface area contributed by atoms with Gasteiger partial charge in [-0.2, -0.15) is 0 Å². The van der Waals surface area contributed by atoms with Crippen LogP contribution in [-0.2, 0) is 4.79 Å². The van der Waals surface area contributed by atoms with Crippen LogP contribution in [0.25, 0.3) is 0 Å². The number of hydrogen-bond donors (Lipinski definition) is 1. The van der Waals surface area contributed by atoms with Gasteiger partial charge in [-0.25, -0.2) is 0 Å². The number of hydrogen-bond acceptors (Lipinski definition) is 2. The van der Waals surface area contributed by atoms with E-state index in [4.69, 9.17) is 0 Å². The minimum atomic E-state index is -0.987. The molecule has 1 N–H and O–H groups in total. The molecule has 1 aliphatic rings. The number of rotatable bonds is 1. The van der Waals surface area contributed by atoms with Gasteiger partial charge in [-0.15, -0.1) is 0 Å². The van der Waals surface area contributed by atoms with Crippen LogP contribution in [0.4, 0.5) is 0 Å². The molecule has 0 aliphatic heterocycles. The largest absolute Gasteiger partial charge is 0.382 e. The fourth-order valence-electron chi connectivity index (χ4n) is 2.14. The van der Waals surface area contributed by atoms with E-state index in [9.17, 15) is 9.90 Å². The van der Waals surface area contributed by atoms with Gasteiger partial charge in [0, 0.05) is 11.1 Å². The van der Waals surface area contributed by atoms with Gasteiger partial charge in [-0.3, -0.25) is 4.79 Å². The van der Waals surface area contributed by atoms with E-state index in [0.29, 0.717) is 6.42 Å². The highest BCUT2D eigenvalue weighted by molar-refractivity contribution is 6.11. The molecule has 0 aromatic carbocycles. The second kappa shape index (κ2) is 4.34. The Labute approximate surface area is 111 Å². The first-order valence-corrected chi connectivity index (χ1v) is 6.64. The quantitative estimate of drug-likeness (QED) is 0.771. The molecular formula is C16H26O2. The highest BCUT2D eigenvalue weighted by Gasteiger charge is 2.39. The summed E-state index contributed by atoms with van der Waals surface area (Å²) in [6.07, 6.45) is 4.06. The summed E-state index contributed by atoms with van der Waals surface area (Å²) in [5.74, 6) is 0.0770. The molecule has 2 nitrogen and oxygen atoms in total. The molecule has 0 radical (unpaired) electrons. The average Bonchev–Trinajstić information content (AvgIpc) is 2.18. The van der Waals surface area contributed by atoms with Gasteiger partial charge in [-0.1, -0.05) is 48.5 Å². The zero-order valence-electron chi connectivity index (χ0n) is 12.7. The van der Waals surface area contributed by atoms with Crippen molar-refractivity contribution in [3.63, 3.8) is 0 Å². The Hall–Kier alpha value is -0.890. The lowest BCUT2D eigenvalue weighted by Gasteiger charge is -2.36. The van der Waals surface area contributed by atoms with Crippen molar-refractivity contribution >= 4 is 5.78 Å². The molecule has 102 valence electrons. The molecule has 0 aromatic heterocycles. The van der Waals surface area contributed by atoms with Crippen molar-refractivity contribution in [2.45, 2.75) is 60.5 Å². The van der Waals surface area contributed by atoms with E-state index >= 15 is 0 Å². The smallest absolute Gasteiger partial charge is 0.185 e. The van der Waals surface area contributed by atoms with Gasteiger partial charge in [-0.05, 0) is 29.4 Å². The molecule has 0 saturated carbocycles. The van der Waals surface area contributed by atoms with E-state index < -0.39 is 5.60 Å². The van der Waals surface area contributed by atoms with Crippen LogP contribution in [-0.4, -0.2) is 16.5 Å². The Morgan fingerprint density at radius 2 is 1.33 bits per heavy atom. The number of aliphatic hydroxyl groups is 1. The molecule has 0 spiro atoms. The maximum Gasteiger partial charge on any atom is 0.185 e. The predicted octanol–water partition coefficient (Wildman–Crippen LogP) is 3.66. The van der Waals surface area contributed by atoms with Crippen molar-refractivity contribution in [2.24, 2.45) is 10.8 Å². The SMILES string of the molecule is CCC1(O)C=C(C(C)(C)C)C(=O)C(C(C)(C)C)=C1. The third kappa shape index (κ3) is 2.92. The first-order valence-electron chi connectivity index (χ1n) is 6.64. The lowest BCUT2D eigenvalue weighted by molar-refractivity contribution is -0.114. The van der Waals surface area contributed by atoms with Crippen LogP contribution in [0.5, 0.6) is 0 Å². The van der Waals surface area contributed by atoms with Gasteiger partial charge in [0.1, 0.15) is 5.60 Å². The first kappa shape index (κ1) is 15.2. The van der Waals surface area contributed by atoms with Crippen LogP contribution >= 0.6 is 0 Å². The summed E-state index contributed by atoms with van der Waals surface area (Å²) < 4.78 is 0. The van der Waals surface area contributed by atoms with Gasteiger partial charge in [0.25, 0.3) is 0 Å². The maximum absolute atomic E-state index is 12.6. The summed E-state index contributed by atoms with van der Waals surface area (Å²) in [5.41, 5.74) is -0.0340. The highest BCUT2D eigenvalue weighted by atomic mass is 16.3. The Morgan fingerprint density at radius 1 is 1.00 bits per heavy atom. The van der Waals surface area contributed by atoms with Crippen LogP contribution < -0.4 is 0 Å². The van der Waals surface area contributed by atoms with E-state index in [1.807, 2.05) is 48.5 Å². The Kier molecular flexibility index (Phi) is 3.66. The second-order valence-corrected chi connectivity index (χ2v) is 7.29. The number of ketones is 1. The van der Waals surface area contributed by atoms with Gasteiger partial charge >= 0.3 is 0 Å². The van der Waals surface area contributed by atoms with E-state index in [1.165, 1.54) is 0 Å². The van der Waals surface area contributed by atoms with E-state index in [2.05, 4.69) is 0 Å². The molecule has 0 fully saturated rings. The third-order valence-corrected chi connectivity index (χ3v) is 3.46. The number of carbonyl (C=O) groups is 1. The van der Waals surface area contributed by atoms with Crippen LogP contribution in [0.2, 0.25) is 0 Å². The second-order valence-electron chi connectivity index (χ2n) is 7.29. The lowest BCUT2D eigenvalue weighted by Crippen LogP contribution is -2.36. The molecule has 0 aromatic rings. The van der Waals surface area contributed by atoms with Crippen molar-refractivity contribution in [2.75, 3.05) is 0 Å². The standard InChI is InChI=1S/C16H26O2/c1-8-16(18)9-11(14(2,3)4)13(17)12(10-16)15(5,6)7/h9-10,18H,8H2,1-7H3. The number of Topliss-reactive ketones (excluding diaryl/α,β-unsaturated/α-hetero) is 1. The number of carbonyl (C=O) groups excluding carboxylic acids is 1. The molecule has 0 bridgehead atoms.